The van der Waals surface area contributed by atoms with Gasteiger partial charge in [0.05, 0.1) is 12.6 Å². The van der Waals surface area contributed by atoms with Crippen LogP contribution in [0, 0.1) is 5.92 Å². The maximum Gasteiger partial charge on any atom is 0.326 e. The standard InChI is InChI=1S/C19H32N4O10/c1-9(2)7-12(17(30)21-11(19(32)33)4-6-15(27)28)22-18(31)13(8-24)23-16(29)10(20)3-5-14(25)26/h9-13,24H,3-8,20H2,1-2H3,(H,21,30)(H,22,31)(H,23,29)(H,25,26)(H,27,28)(H,32,33). The minimum absolute atomic E-state index is 0.0765. The lowest BCUT2D eigenvalue weighted by Gasteiger charge is -2.25. The van der Waals surface area contributed by atoms with Gasteiger partial charge in [0.25, 0.3) is 0 Å². The molecule has 0 aromatic carbocycles. The molecular formula is C19H32N4O10. The molecule has 9 N–H and O–H groups in total. The number of aliphatic carboxylic acids is 3. The van der Waals surface area contributed by atoms with Crippen LogP contribution in [0.3, 0.4) is 0 Å². The second kappa shape index (κ2) is 14.7. The van der Waals surface area contributed by atoms with Crippen LogP contribution in [0.15, 0.2) is 0 Å². The molecule has 0 heterocycles. The SMILES string of the molecule is CC(C)CC(NC(=O)C(CO)NC(=O)C(N)CCC(=O)O)C(=O)NC(CCC(=O)O)C(=O)O. The van der Waals surface area contributed by atoms with Crippen molar-refractivity contribution in [1.29, 1.82) is 0 Å². The summed E-state index contributed by atoms with van der Waals surface area (Å²) in [5, 5.41) is 42.7. The van der Waals surface area contributed by atoms with E-state index in [0.717, 1.165) is 0 Å². The molecule has 0 saturated heterocycles. The van der Waals surface area contributed by atoms with E-state index in [-0.39, 0.29) is 31.6 Å². The third-order valence-electron chi connectivity index (χ3n) is 4.42. The fraction of sp³-hybridized carbons (Fsp3) is 0.684. The number of aliphatic hydroxyl groups is 1. The van der Waals surface area contributed by atoms with Crippen LogP contribution in [0.4, 0.5) is 0 Å². The van der Waals surface area contributed by atoms with E-state index in [9.17, 15) is 39.0 Å². The summed E-state index contributed by atoms with van der Waals surface area (Å²) in [5.74, 6) is -6.70. The first-order valence-electron chi connectivity index (χ1n) is 10.2. The third kappa shape index (κ3) is 12.4. The molecular weight excluding hydrogens is 444 g/mol. The molecule has 33 heavy (non-hydrogen) atoms. The van der Waals surface area contributed by atoms with E-state index in [1.54, 1.807) is 13.8 Å². The van der Waals surface area contributed by atoms with Gasteiger partial charge in [-0.3, -0.25) is 24.0 Å². The van der Waals surface area contributed by atoms with E-state index in [4.69, 9.17) is 15.9 Å². The van der Waals surface area contributed by atoms with Gasteiger partial charge in [-0.15, -0.1) is 0 Å². The van der Waals surface area contributed by atoms with Gasteiger partial charge >= 0.3 is 17.9 Å². The molecule has 0 radical (unpaired) electrons. The molecule has 0 aromatic heterocycles. The van der Waals surface area contributed by atoms with Crippen molar-refractivity contribution in [3.8, 4) is 0 Å². The van der Waals surface area contributed by atoms with Gasteiger partial charge in [0.15, 0.2) is 0 Å². The van der Waals surface area contributed by atoms with E-state index in [1.807, 2.05) is 0 Å². The van der Waals surface area contributed by atoms with Crippen molar-refractivity contribution in [3.05, 3.63) is 0 Å². The van der Waals surface area contributed by atoms with Crippen molar-refractivity contribution in [2.45, 2.75) is 70.1 Å². The number of amides is 3. The van der Waals surface area contributed by atoms with Gasteiger partial charge in [-0.25, -0.2) is 4.79 Å². The Hall–Kier alpha value is -3.26. The minimum atomic E-state index is -1.50. The maximum atomic E-state index is 12.6. The molecule has 0 spiro atoms. The van der Waals surface area contributed by atoms with Crippen LogP contribution < -0.4 is 21.7 Å². The minimum Gasteiger partial charge on any atom is -0.481 e. The summed E-state index contributed by atoms with van der Waals surface area (Å²) < 4.78 is 0. The van der Waals surface area contributed by atoms with Crippen LogP contribution in [0.5, 0.6) is 0 Å². The highest BCUT2D eigenvalue weighted by Gasteiger charge is 2.30. The Kier molecular flexibility index (Phi) is 13.3. The average molecular weight is 476 g/mol. The summed E-state index contributed by atoms with van der Waals surface area (Å²) in [6, 6.07) is -5.49. The van der Waals surface area contributed by atoms with Gasteiger partial charge in [-0.1, -0.05) is 13.8 Å². The lowest BCUT2D eigenvalue weighted by Crippen LogP contribution is -2.58. The first-order chi connectivity index (χ1) is 15.3. The van der Waals surface area contributed by atoms with Crippen LogP contribution in [0.2, 0.25) is 0 Å². The summed E-state index contributed by atoms with van der Waals surface area (Å²) >= 11 is 0. The maximum absolute atomic E-state index is 12.6. The zero-order valence-corrected chi connectivity index (χ0v) is 18.4. The summed E-state index contributed by atoms with van der Waals surface area (Å²) in [4.78, 5) is 69.8. The highest BCUT2D eigenvalue weighted by atomic mass is 16.4. The Morgan fingerprint density at radius 3 is 1.64 bits per heavy atom. The molecule has 3 amide bonds. The number of carbonyl (C=O) groups excluding carboxylic acids is 3. The van der Waals surface area contributed by atoms with Crippen LogP contribution in [-0.4, -0.2) is 86.8 Å². The van der Waals surface area contributed by atoms with Crippen molar-refractivity contribution in [1.82, 2.24) is 16.0 Å². The largest absolute Gasteiger partial charge is 0.481 e. The van der Waals surface area contributed by atoms with Gasteiger partial charge in [0.1, 0.15) is 18.1 Å². The van der Waals surface area contributed by atoms with Crippen LogP contribution in [0.25, 0.3) is 0 Å². The van der Waals surface area contributed by atoms with Crippen molar-refractivity contribution < 1.29 is 49.2 Å². The Balaban J connectivity index is 5.24. The number of carboxylic acids is 3. The number of rotatable bonds is 16. The summed E-state index contributed by atoms with van der Waals surface area (Å²) in [6.45, 7) is 2.62. The fourth-order valence-corrected chi connectivity index (χ4v) is 2.66. The Bertz CT molecular complexity index is 727. The van der Waals surface area contributed by atoms with Gasteiger partial charge in [-0.2, -0.15) is 0 Å². The smallest absolute Gasteiger partial charge is 0.326 e. The van der Waals surface area contributed by atoms with E-state index < -0.39 is 72.8 Å². The molecule has 4 atom stereocenters. The van der Waals surface area contributed by atoms with Crippen LogP contribution in [-0.2, 0) is 28.8 Å². The number of nitrogens with one attached hydrogen (secondary N) is 3. The van der Waals surface area contributed by atoms with Crippen molar-refractivity contribution in [3.63, 3.8) is 0 Å². The number of nitrogens with two attached hydrogens (primary N) is 1. The van der Waals surface area contributed by atoms with Crippen LogP contribution in [0.1, 0.15) is 46.0 Å². The zero-order chi connectivity index (χ0) is 25.7. The third-order valence-corrected chi connectivity index (χ3v) is 4.42. The first kappa shape index (κ1) is 29.7. The number of carbonyl (C=O) groups is 6. The Labute approximate surface area is 189 Å². The monoisotopic (exact) mass is 476 g/mol. The second-order valence-electron chi connectivity index (χ2n) is 7.81. The number of hydrogen-bond acceptors (Lipinski definition) is 8. The molecule has 0 bridgehead atoms. The first-order valence-corrected chi connectivity index (χ1v) is 10.2. The number of carboxylic acid groups (broad SMARTS) is 3. The lowest BCUT2D eigenvalue weighted by molar-refractivity contribution is -0.143. The van der Waals surface area contributed by atoms with Crippen molar-refractivity contribution in [2.24, 2.45) is 11.7 Å². The molecule has 0 aliphatic heterocycles. The highest BCUT2D eigenvalue weighted by molar-refractivity contribution is 5.94. The van der Waals surface area contributed by atoms with Gasteiger partial charge < -0.3 is 42.1 Å². The summed E-state index contributed by atoms with van der Waals surface area (Å²) in [6.07, 6.45) is -1.38. The molecule has 0 aliphatic carbocycles. The average Bonchev–Trinajstić information content (AvgIpc) is 2.71. The molecule has 0 saturated carbocycles. The van der Waals surface area contributed by atoms with Gasteiger partial charge in [-0.05, 0) is 25.2 Å². The van der Waals surface area contributed by atoms with E-state index in [2.05, 4.69) is 16.0 Å². The quantitative estimate of drug-likeness (QED) is 0.117. The second-order valence-corrected chi connectivity index (χ2v) is 7.81. The number of hydrogen-bond donors (Lipinski definition) is 8. The summed E-state index contributed by atoms with van der Waals surface area (Å²) in [7, 11) is 0. The van der Waals surface area contributed by atoms with Gasteiger partial charge in [0.2, 0.25) is 17.7 Å². The lowest BCUT2D eigenvalue weighted by atomic mass is 10.0. The van der Waals surface area contributed by atoms with E-state index in [1.165, 1.54) is 0 Å². The van der Waals surface area contributed by atoms with Gasteiger partial charge in [0, 0.05) is 12.8 Å². The topological polar surface area (TPSA) is 245 Å². The Morgan fingerprint density at radius 2 is 1.18 bits per heavy atom. The molecule has 0 aliphatic rings. The molecule has 4 unspecified atom stereocenters. The fourth-order valence-electron chi connectivity index (χ4n) is 2.66. The molecule has 188 valence electrons. The predicted octanol–water partition coefficient (Wildman–Crippen LogP) is -2.38. The summed E-state index contributed by atoms with van der Waals surface area (Å²) in [5.41, 5.74) is 5.57. The van der Waals surface area contributed by atoms with Crippen molar-refractivity contribution >= 4 is 35.6 Å². The molecule has 0 rings (SSSR count). The zero-order valence-electron chi connectivity index (χ0n) is 18.4. The van der Waals surface area contributed by atoms with E-state index in [0.29, 0.717) is 0 Å². The Morgan fingerprint density at radius 1 is 0.727 bits per heavy atom. The van der Waals surface area contributed by atoms with Crippen LogP contribution >= 0.6 is 0 Å². The molecule has 0 aromatic rings. The normalized spacial score (nSPS) is 14.5. The van der Waals surface area contributed by atoms with E-state index >= 15 is 0 Å². The molecule has 14 heteroatoms. The van der Waals surface area contributed by atoms with Crippen molar-refractivity contribution in [2.75, 3.05) is 6.61 Å². The molecule has 14 nitrogen and oxygen atoms in total. The number of aliphatic hydroxyl groups excluding tert-OH is 1. The highest BCUT2D eigenvalue weighted by Crippen LogP contribution is 2.07. The predicted molar refractivity (Wildman–Crippen MR) is 112 cm³/mol. The molecule has 0 fully saturated rings.